The summed E-state index contributed by atoms with van der Waals surface area (Å²) in [6, 6.07) is 6.44. The van der Waals surface area contributed by atoms with E-state index in [1.165, 1.54) is 18.2 Å². The molecular formula is C15H15ClF2N2. The first-order chi connectivity index (χ1) is 9.65. The van der Waals surface area contributed by atoms with Crippen LogP contribution in [-0.4, -0.2) is 11.5 Å². The van der Waals surface area contributed by atoms with Crippen LogP contribution in [-0.2, 0) is 0 Å². The molecule has 5 heteroatoms. The Hall–Kier alpha value is -1.52. The van der Waals surface area contributed by atoms with Crippen LogP contribution in [0.5, 0.6) is 0 Å². The number of nitrogens with zero attached hydrogens (tertiary/aromatic N) is 1. The first kappa shape index (κ1) is 14.9. The van der Waals surface area contributed by atoms with Crippen LogP contribution in [0.15, 0.2) is 36.5 Å². The largest absolute Gasteiger partial charge is 0.305 e. The molecule has 1 aromatic carbocycles. The standard InChI is InChI=1S/C15H15ClF2N2/c1-2-8-19-15(14-10(16)5-4-9-20-14)13-11(17)6-3-7-12(13)18/h3-7,9,15,19H,2,8H2,1H3. The quantitative estimate of drug-likeness (QED) is 0.898. The number of halogens is 3. The van der Waals surface area contributed by atoms with Gasteiger partial charge in [0.25, 0.3) is 0 Å². The molecule has 1 aromatic heterocycles. The van der Waals surface area contributed by atoms with Crippen molar-refractivity contribution in [3.05, 3.63) is 64.4 Å². The van der Waals surface area contributed by atoms with Crippen LogP contribution < -0.4 is 5.32 Å². The number of nitrogens with one attached hydrogen (secondary N) is 1. The number of hydrogen-bond acceptors (Lipinski definition) is 2. The van der Waals surface area contributed by atoms with E-state index in [9.17, 15) is 8.78 Å². The van der Waals surface area contributed by atoms with Gasteiger partial charge in [0.2, 0.25) is 0 Å². The third-order valence-corrected chi connectivity index (χ3v) is 3.27. The first-order valence-corrected chi connectivity index (χ1v) is 6.80. The molecule has 1 heterocycles. The molecule has 2 rings (SSSR count). The van der Waals surface area contributed by atoms with E-state index >= 15 is 0 Å². The zero-order valence-electron chi connectivity index (χ0n) is 11.0. The molecule has 0 aliphatic carbocycles. The van der Waals surface area contributed by atoms with Gasteiger partial charge in [-0.05, 0) is 37.2 Å². The molecule has 0 bridgehead atoms. The summed E-state index contributed by atoms with van der Waals surface area (Å²) in [6.07, 6.45) is 2.39. The summed E-state index contributed by atoms with van der Waals surface area (Å²) < 4.78 is 28.0. The van der Waals surface area contributed by atoms with Crippen molar-refractivity contribution in [2.24, 2.45) is 0 Å². The summed E-state index contributed by atoms with van der Waals surface area (Å²) in [7, 11) is 0. The summed E-state index contributed by atoms with van der Waals surface area (Å²) >= 11 is 6.11. The highest BCUT2D eigenvalue weighted by atomic mass is 35.5. The van der Waals surface area contributed by atoms with Crippen LogP contribution in [0.2, 0.25) is 5.02 Å². The third-order valence-electron chi connectivity index (χ3n) is 2.95. The average molecular weight is 297 g/mol. The lowest BCUT2D eigenvalue weighted by Crippen LogP contribution is -2.26. The Bertz CT molecular complexity index is 570. The highest BCUT2D eigenvalue weighted by molar-refractivity contribution is 6.31. The average Bonchev–Trinajstić information content (AvgIpc) is 2.43. The van der Waals surface area contributed by atoms with Gasteiger partial charge in [-0.2, -0.15) is 0 Å². The maximum atomic E-state index is 14.0. The molecule has 0 saturated heterocycles. The number of pyridine rings is 1. The molecule has 2 aromatic rings. The van der Waals surface area contributed by atoms with Crippen LogP contribution in [0, 0.1) is 11.6 Å². The highest BCUT2D eigenvalue weighted by Gasteiger charge is 2.24. The lowest BCUT2D eigenvalue weighted by atomic mass is 10.0. The van der Waals surface area contributed by atoms with Crippen molar-refractivity contribution in [3.63, 3.8) is 0 Å². The fourth-order valence-corrected chi connectivity index (χ4v) is 2.25. The molecule has 1 unspecified atom stereocenters. The Morgan fingerprint density at radius 1 is 1.20 bits per heavy atom. The lowest BCUT2D eigenvalue weighted by Gasteiger charge is -2.20. The van der Waals surface area contributed by atoms with Crippen molar-refractivity contribution in [2.45, 2.75) is 19.4 Å². The molecular weight excluding hydrogens is 282 g/mol. The van der Waals surface area contributed by atoms with Crippen molar-refractivity contribution in [1.82, 2.24) is 10.3 Å². The lowest BCUT2D eigenvalue weighted by molar-refractivity contribution is 0.498. The van der Waals surface area contributed by atoms with E-state index in [4.69, 9.17) is 11.6 Å². The van der Waals surface area contributed by atoms with Crippen LogP contribution in [0.4, 0.5) is 8.78 Å². The van der Waals surface area contributed by atoms with Gasteiger partial charge in [0.05, 0.1) is 16.8 Å². The minimum atomic E-state index is -0.704. The summed E-state index contributed by atoms with van der Waals surface area (Å²) in [6.45, 7) is 2.58. The molecule has 0 aliphatic rings. The molecule has 1 N–H and O–H groups in total. The second kappa shape index (κ2) is 6.77. The molecule has 106 valence electrons. The monoisotopic (exact) mass is 296 g/mol. The summed E-state index contributed by atoms with van der Waals surface area (Å²) in [5, 5.41) is 3.48. The van der Waals surface area contributed by atoms with Gasteiger partial charge in [-0.25, -0.2) is 8.78 Å². The molecule has 20 heavy (non-hydrogen) atoms. The SMILES string of the molecule is CCCNC(c1ncccc1Cl)c1c(F)cccc1F. The maximum Gasteiger partial charge on any atom is 0.131 e. The van der Waals surface area contributed by atoms with E-state index in [0.717, 1.165) is 6.42 Å². The normalized spacial score (nSPS) is 12.4. The van der Waals surface area contributed by atoms with Crippen molar-refractivity contribution >= 4 is 11.6 Å². The van der Waals surface area contributed by atoms with Crippen LogP contribution in [0.3, 0.4) is 0 Å². The number of hydrogen-bond donors (Lipinski definition) is 1. The van der Waals surface area contributed by atoms with Crippen LogP contribution >= 0.6 is 11.6 Å². The topological polar surface area (TPSA) is 24.9 Å². The van der Waals surface area contributed by atoms with Crippen molar-refractivity contribution < 1.29 is 8.78 Å². The third kappa shape index (κ3) is 3.14. The Morgan fingerprint density at radius 3 is 2.50 bits per heavy atom. The molecule has 1 atom stereocenters. The molecule has 0 fully saturated rings. The Balaban J connectivity index is 2.50. The number of aromatic nitrogens is 1. The van der Waals surface area contributed by atoms with Gasteiger partial charge in [0.1, 0.15) is 11.6 Å². The molecule has 0 saturated carbocycles. The zero-order valence-corrected chi connectivity index (χ0v) is 11.8. The van der Waals surface area contributed by atoms with Crippen molar-refractivity contribution in [1.29, 1.82) is 0 Å². The van der Waals surface area contributed by atoms with E-state index < -0.39 is 17.7 Å². The van der Waals surface area contributed by atoms with E-state index in [1.807, 2.05) is 6.92 Å². The minimum absolute atomic E-state index is 0.0541. The molecule has 0 radical (unpaired) electrons. The number of benzene rings is 1. The Morgan fingerprint density at radius 2 is 1.90 bits per heavy atom. The highest BCUT2D eigenvalue weighted by Crippen LogP contribution is 2.29. The second-order valence-corrected chi connectivity index (χ2v) is 4.80. The van der Waals surface area contributed by atoms with Gasteiger partial charge < -0.3 is 5.32 Å². The van der Waals surface area contributed by atoms with Gasteiger partial charge >= 0.3 is 0 Å². The van der Waals surface area contributed by atoms with Gasteiger partial charge in [0.15, 0.2) is 0 Å². The van der Waals surface area contributed by atoms with Crippen LogP contribution in [0.25, 0.3) is 0 Å². The smallest absolute Gasteiger partial charge is 0.131 e. The second-order valence-electron chi connectivity index (χ2n) is 4.39. The summed E-state index contributed by atoms with van der Waals surface area (Å²) in [5.41, 5.74) is 0.369. The predicted molar refractivity (Wildman–Crippen MR) is 75.7 cm³/mol. The van der Waals surface area contributed by atoms with E-state index in [2.05, 4.69) is 10.3 Å². The van der Waals surface area contributed by atoms with Gasteiger partial charge in [0, 0.05) is 11.8 Å². The Kier molecular flexibility index (Phi) is 5.04. The molecule has 0 amide bonds. The van der Waals surface area contributed by atoms with E-state index in [0.29, 0.717) is 17.3 Å². The van der Waals surface area contributed by atoms with E-state index in [-0.39, 0.29) is 5.56 Å². The molecule has 0 aliphatic heterocycles. The summed E-state index contributed by atoms with van der Waals surface area (Å²) in [5.74, 6) is -1.22. The number of rotatable bonds is 5. The Labute approximate surface area is 121 Å². The van der Waals surface area contributed by atoms with Crippen LogP contribution in [0.1, 0.15) is 30.6 Å². The van der Waals surface area contributed by atoms with Crippen molar-refractivity contribution in [2.75, 3.05) is 6.54 Å². The summed E-state index contributed by atoms with van der Waals surface area (Å²) in [4.78, 5) is 4.16. The predicted octanol–water partition coefficient (Wildman–Crippen LogP) is 4.10. The van der Waals surface area contributed by atoms with Gasteiger partial charge in [-0.3, -0.25) is 4.98 Å². The van der Waals surface area contributed by atoms with Crippen molar-refractivity contribution in [3.8, 4) is 0 Å². The molecule has 2 nitrogen and oxygen atoms in total. The van der Waals surface area contributed by atoms with Gasteiger partial charge in [-0.15, -0.1) is 0 Å². The first-order valence-electron chi connectivity index (χ1n) is 6.42. The zero-order chi connectivity index (χ0) is 14.5. The maximum absolute atomic E-state index is 14.0. The fraction of sp³-hybridized carbons (Fsp3) is 0.267. The molecule has 0 spiro atoms. The minimum Gasteiger partial charge on any atom is -0.305 e. The van der Waals surface area contributed by atoms with Gasteiger partial charge in [-0.1, -0.05) is 24.6 Å². The van der Waals surface area contributed by atoms with E-state index in [1.54, 1.807) is 18.3 Å². The fourth-order valence-electron chi connectivity index (χ4n) is 2.02.